The topological polar surface area (TPSA) is 561 Å². The molecular formula is C91H124Cl2F3N10O28+. The van der Waals surface area contributed by atoms with Crippen LogP contribution in [0.15, 0.2) is 72.8 Å². The number of benzene rings is 5. The molecular weight excluding hydrogens is 1810 g/mol. The number of halogens is 5. The van der Waals surface area contributed by atoms with Crippen molar-refractivity contribution < 1.29 is 155 Å². The van der Waals surface area contributed by atoms with Gasteiger partial charge in [-0.3, -0.25) is 33.6 Å². The molecule has 11 bridgehead atoms. The van der Waals surface area contributed by atoms with Crippen molar-refractivity contribution in [3.63, 3.8) is 0 Å². The number of fused-ring (bicyclic) bond motifs is 15. The van der Waals surface area contributed by atoms with Gasteiger partial charge in [-0.2, -0.15) is 13.2 Å². The Kier molecular flexibility index (Phi) is 39.6. The predicted octanol–water partition coefficient (Wildman–Crippen LogP) is 6.21. The Morgan fingerprint density at radius 3 is 1.96 bits per heavy atom. The molecule has 5 aromatic rings. The van der Waals surface area contributed by atoms with Crippen LogP contribution in [0.4, 0.5) is 13.2 Å². The highest BCUT2D eigenvalue weighted by atomic mass is 35.5. The number of quaternary nitrogens is 1. The summed E-state index contributed by atoms with van der Waals surface area (Å²) in [7, 11) is 7.59. The molecule has 0 aliphatic carbocycles. The summed E-state index contributed by atoms with van der Waals surface area (Å²) in [5.74, 6) is -21.3. The number of unbranched alkanes of at least 4 members (excludes halogenated alkanes) is 7. The number of aromatic hydroxyl groups is 3. The molecule has 2 saturated heterocycles. The van der Waals surface area contributed by atoms with Crippen molar-refractivity contribution in [2.24, 2.45) is 17.6 Å². The number of rotatable bonds is 37. The van der Waals surface area contributed by atoms with Crippen molar-refractivity contribution in [1.82, 2.24) is 42.5 Å². The molecule has 0 radical (unpaired) electrons. The fraction of sp³-hybridized carbons (Fsp3) is 0.571. The Morgan fingerprint density at radius 2 is 1.35 bits per heavy atom. The van der Waals surface area contributed by atoms with Gasteiger partial charge < -0.3 is 146 Å². The maximum atomic E-state index is 16.5. The number of phenolic OH excluding ortho intramolecular Hbond substituents is 3. The fourth-order valence-electron chi connectivity index (χ4n) is 16.0. The number of carbonyl (C=O) groups excluding carboxylic acids is 7. The number of Topliss-reactive ketones (excluding diaryl/α,β-unsaturated/α-hetero) is 2. The molecule has 38 nitrogen and oxygen atoms in total. The molecule has 20 N–H and O–H groups in total. The second-order valence-corrected chi connectivity index (χ2v) is 36.1. The summed E-state index contributed by atoms with van der Waals surface area (Å²) in [6.07, 6.45) is -15.9. The zero-order chi connectivity index (χ0) is 98.4. The minimum Gasteiger partial charge on any atom is -0.507 e. The van der Waals surface area contributed by atoms with E-state index in [0.29, 0.717) is 30.8 Å². The van der Waals surface area contributed by atoms with Gasteiger partial charge in [-0.1, -0.05) is 101 Å². The van der Waals surface area contributed by atoms with Crippen LogP contribution in [0.3, 0.4) is 0 Å². The van der Waals surface area contributed by atoms with Crippen molar-refractivity contribution >= 4 is 76.2 Å². The minimum absolute atomic E-state index is 0.0837. The third-order valence-corrected chi connectivity index (χ3v) is 24.0. The first-order valence-electron chi connectivity index (χ1n) is 44.4. The SMILES string of the molecule is CCCCCCCCCCNCCNC1(C)CC(OC2C(Oc3c4cc5cc3Oc3ccc(cc3Cl)[C@@H](O)[C@@H](NC(=O)[C@@H](CC(C)C)NC)C(=O)C[C@@H](CC(N)=O)C(=O)N[C@H]5C(=O)C[C@H]3C(=O)N[C@@H](Oc5ccc(c(Cl)c5)O4)C(=O)N[C@H](C(=O)O)c4cc(O)c(CNCCOCCOCC[N+](C)(C)C)c(O)c4-c4cc3ccc4O)OC(CO)C(O)C2O)OC(C)C1O.O=C(O)C(F)(F)F. The summed E-state index contributed by atoms with van der Waals surface area (Å²) in [6.45, 7) is 11.7. The van der Waals surface area contributed by atoms with Crippen LogP contribution in [0.2, 0.25) is 10.0 Å². The number of ketones is 2. The van der Waals surface area contributed by atoms with E-state index in [1.165, 1.54) is 75.5 Å². The van der Waals surface area contributed by atoms with E-state index in [1.54, 1.807) is 13.8 Å². The number of hydrogen-bond acceptors (Lipinski definition) is 30. The number of hydrogen-bond donors (Lipinski definition) is 19. The number of amides is 5. The Labute approximate surface area is 782 Å². The van der Waals surface area contributed by atoms with Crippen molar-refractivity contribution in [1.29, 1.82) is 0 Å². The fourth-order valence-corrected chi connectivity index (χ4v) is 16.4. The van der Waals surface area contributed by atoms with E-state index < -0.39 is 239 Å². The molecule has 134 heavy (non-hydrogen) atoms. The van der Waals surface area contributed by atoms with Crippen molar-refractivity contribution in [2.45, 2.75) is 228 Å². The Balaban J connectivity index is 0.00000277. The first kappa shape index (κ1) is 108. The van der Waals surface area contributed by atoms with E-state index >= 15 is 24.0 Å². The number of aliphatic hydroxyl groups is 5. The molecule has 9 unspecified atom stereocenters. The Morgan fingerprint density at radius 1 is 0.709 bits per heavy atom. The Hall–Kier alpha value is -9.90. The molecule has 7 heterocycles. The molecule has 5 amide bonds. The lowest BCUT2D eigenvalue weighted by atomic mass is 9.84. The van der Waals surface area contributed by atoms with Crippen LogP contribution in [0.1, 0.15) is 170 Å². The maximum Gasteiger partial charge on any atom is 0.490 e. The highest BCUT2D eigenvalue weighted by Crippen LogP contribution is 2.51. The normalized spacial score (nSPS) is 24.7. The van der Waals surface area contributed by atoms with Crippen LogP contribution in [0.5, 0.6) is 51.7 Å². The third kappa shape index (κ3) is 29.3. The van der Waals surface area contributed by atoms with Gasteiger partial charge in [-0.15, -0.1) is 0 Å². The number of likely N-dealkylation sites (N-methyl/N-ethyl adjacent to an activating group) is 2. The lowest BCUT2D eigenvalue weighted by Crippen LogP contribution is -2.65. The minimum atomic E-state index is -5.08. The molecule has 0 saturated carbocycles. The lowest BCUT2D eigenvalue weighted by Gasteiger charge is -2.48. The smallest absolute Gasteiger partial charge is 0.490 e. The zero-order valence-electron chi connectivity index (χ0n) is 75.9. The van der Waals surface area contributed by atoms with Crippen molar-refractivity contribution in [3.8, 4) is 62.9 Å². The Bertz CT molecular complexity index is 4900. The van der Waals surface area contributed by atoms with Crippen LogP contribution in [0, 0.1) is 11.8 Å². The predicted molar refractivity (Wildman–Crippen MR) is 477 cm³/mol. The number of alkyl halides is 3. The number of phenols is 3. The van der Waals surface area contributed by atoms with Gasteiger partial charge in [-0.25, -0.2) is 9.59 Å². The summed E-state index contributed by atoms with van der Waals surface area (Å²) in [6, 6.07) is 6.51. The number of primary amides is 1. The van der Waals surface area contributed by atoms with Crippen LogP contribution in [0.25, 0.3) is 11.1 Å². The van der Waals surface area contributed by atoms with Crippen molar-refractivity contribution in [2.75, 3.05) is 93.9 Å². The molecule has 0 spiro atoms. The number of aliphatic carboxylic acids is 2. The second-order valence-electron chi connectivity index (χ2n) is 35.3. The van der Waals surface area contributed by atoms with E-state index in [0.717, 1.165) is 68.8 Å². The van der Waals surface area contributed by atoms with Gasteiger partial charge in [-0.05, 0) is 117 Å². The van der Waals surface area contributed by atoms with Crippen molar-refractivity contribution in [3.05, 3.63) is 111 Å². The van der Waals surface area contributed by atoms with Gasteiger partial charge >= 0.3 is 18.1 Å². The van der Waals surface area contributed by atoms with E-state index in [1.807, 2.05) is 35.0 Å². The maximum absolute atomic E-state index is 16.5. The van der Waals surface area contributed by atoms with Gasteiger partial charge in [0.25, 0.3) is 12.1 Å². The molecule has 5 aromatic carbocycles. The molecule has 2 fully saturated rings. The number of nitrogens with one attached hydrogen (secondary N) is 8. The average molecular weight is 1930 g/mol. The zero-order valence-corrected chi connectivity index (χ0v) is 77.5. The highest BCUT2D eigenvalue weighted by molar-refractivity contribution is 6.32. The molecule has 43 heteroatoms. The monoisotopic (exact) mass is 1930 g/mol. The number of aliphatic hydroxyl groups excluding tert-OH is 5. The first-order chi connectivity index (χ1) is 63.3. The number of carboxylic acid groups (broad SMARTS) is 2. The summed E-state index contributed by atoms with van der Waals surface area (Å²) < 4.78 is 89.9. The van der Waals surface area contributed by atoms with E-state index in [9.17, 15) is 73.5 Å². The largest absolute Gasteiger partial charge is 0.507 e. The van der Waals surface area contributed by atoms with Gasteiger partial charge in [0.2, 0.25) is 35.7 Å². The van der Waals surface area contributed by atoms with Crippen LogP contribution >= 0.6 is 23.2 Å². The van der Waals surface area contributed by atoms with E-state index in [2.05, 4.69) is 49.5 Å². The first-order valence-corrected chi connectivity index (χ1v) is 45.2. The second kappa shape index (κ2) is 49.2. The van der Waals surface area contributed by atoms with Crippen LogP contribution < -0.4 is 67.2 Å². The van der Waals surface area contributed by atoms with Crippen LogP contribution in [-0.4, -0.2) is 282 Å². The number of nitrogens with two attached hydrogens (primary N) is 1. The molecule has 17 atom stereocenters. The summed E-state index contributed by atoms with van der Waals surface area (Å²) in [4.78, 5) is 129. The van der Waals surface area contributed by atoms with Gasteiger partial charge in [0.15, 0.2) is 41.5 Å². The highest BCUT2D eigenvalue weighted by Gasteiger charge is 2.53. The summed E-state index contributed by atoms with van der Waals surface area (Å²) in [5, 5.41) is 136. The molecule has 12 rings (SSSR count). The summed E-state index contributed by atoms with van der Waals surface area (Å²) in [5.41, 5.74) is 2.40. The van der Waals surface area contributed by atoms with Gasteiger partial charge in [0, 0.05) is 80.2 Å². The quantitative estimate of drug-likeness (QED) is 0.0155. The molecule has 0 aromatic heterocycles. The lowest BCUT2D eigenvalue weighted by molar-refractivity contribution is -0.870. The summed E-state index contributed by atoms with van der Waals surface area (Å²) >= 11 is 14.4. The van der Waals surface area contributed by atoms with E-state index in [-0.39, 0.29) is 94.6 Å². The third-order valence-electron chi connectivity index (χ3n) is 23.4. The molecule has 7 aliphatic rings. The average Bonchev–Trinajstić information content (AvgIpc) is 0.773. The number of carboxylic acids is 2. The molecule has 740 valence electrons. The standard InChI is InChI=1S/C89H122Cl2N10O26.C2HF3O2/c1-10-11-12-13-14-15-16-17-24-94-25-26-96-89(5)43-70(121-47(4)81(89)112)126-80-78(111)77(110)68(45-102)125-88(80)127-79-66-37-50-38-67(79)124-65-23-20-52(40-58(65)91)122-86-85(116)98-73(87(117)118)55-42-61(104)56(44-95-27-29-119-31-32-120-30-28-101(7,8)9)76(109)71(55)54-34-48(18-21-60(54)103)53(83(114)100-86)41-63(106)72(50)97-82(113)51(39-69(92)107)36-62(105)74(99-84(115)59(93-6)33-46(2)3)75(108)49-19-22-64(123-66)57(90)35-49;3-2(4,5)1(6)7/h18-23,34-35,37-38,40,42,46-47,51,53,59,68,70,72-75,77-78,80-81,86,88,93-96,102,108,110-112H,10-17,24-33,36,39,41,43-45H2,1-9H3,(H9-,92,97,98,99,100,103,104,107,109,113,114,115,116,117,118);(H,6,7)/p+1/t47?,51-,53+,59+,68?,70?,72+,73-,74-,75+,77?,78?,80?,81?,86-,88?,89?;/m0./s1. The van der Waals surface area contributed by atoms with Gasteiger partial charge in [0.1, 0.15) is 77.5 Å². The number of carbonyl (C=O) groups is 9. The van der Waals surface area contributed by atoms with E-state index in [4.69, 9.17) is 81.5 Å². The number of ether oxygens (including phenoxy) is 9. The van der Waals surface area contributed by atoms with Crippen LogP contribution in [-0.2, 0) is 73.4 Å². The van der Waals surface area contributed by atoms with Gasteiger partial charge in [0.05, 0.1) is 99.9 Å². The number of nitrogens with zero attached hydrogens (tertiary/aromatic N) is 1. The molecule has 7 aliphatic heterocycles.